The van der Waals surface area contributed by atoms with Crippen LogP contribution in [0.25, 0.3) is 0 Å². The summed E-state index contributed by atoms with van der Waals surface area (Å²) in [6.45, 7) is -0.379. The molecule has 0 saturated heterocycles. The number of quaternary nitrogens is 1. The summed E-state index contributed by atoms with van der Waals surface area (Å²) in [6, 6.07) is 1.61. The van der Waals surface area contributed by atoms with Gasteiger partial charge in [0, 0.05) is 21.1 Å². The van der Waals surface area contributed by atoms with E-state index in [4.69, 9.17) is 0 Å². The molecule has 144 valence electrons. The molecule has 1 aromatic rings. The molecule has 0 bridgehead atoms. The standard InChI is InChI=1S/C16H21F3N4O3/c1-21(2)13(25)9-23(4)14(26)8-22(3)7-12(24)20-11-6-5-10(17)15(18)16(11)19/h5-6H,7-9H2,1-4H3,(H,20,24)/p+1. The van der Waals surface area contributed by atoms with E-state index in [1.54, 1.807) is 21.1 Å². The maximum atomic E-state index is 13.5. The van der Waals surface area contributed by atoms with E-state index in [0.29, 0.717) is 11.0 Å². The second-order valence-corrected chi connectivity index (χ2v) is 6.12. The molecule has 0 heterocycles. The first-order valence-corrected chi connectivity index (χ1v) is 7.71. The first kappa shape index (κ1) is 21.4. The van der Waals surface area contributed by atoms with Gasteiger partial charge in [0.2, 0.25) is 5.91 Å². The van der Waals surface area contributed by atoms with Crippen LogP contribution in [0.15, 0.2) is 12.1 Å². The van der Waals surface area contributed by atoms with Crippen LogP contribution in [-0.4, -0.2) is 75.3 Å². The average molecular weight is 375 g/mol. The minimum atomic E-state index is -1.68. The van der Waals surface area contributed by atoms with E-state index in [9.17, 15) is 27.6 Å². The molecule has 26 heavy (non-hydrogen) atoms. The Morgan fingerprint density at radius 1 is 1.00 bits per heavy atom. The molecule has 10 heteroatoms. The zero-order chi connectivity index (χ0) is 20.0. The van der Waals surface area contributed by atoms with Crippen LogP contribution in [0.2, 0.25) is 0 Å². The Labute approximate surface area is 149 Å². The molecular weight excluding hydrogens is 353 g/mol. The summed E-state index contributed by atoms with van der Waals surface area (Å²) < 4.78 is 39.5. The zero-order valence-corrected chi connectivity index (χ0v) is 15.0. The predicted molar refractivity (Wildman–Crippen MR) is 87.9 cm³/mol. The number of carbonyl (C=O) groups excluding carboxylic acids is 3. The highest BCUT2D eigenvalue weighted by atomic mass is 19.2. The lowest BCUT2D eigenvalue weighted by Gasteiger charge is -2.21. The molecule has 1 rings (SSSR count). The second kappa shape index (κ2) is 9.18. The van der Waals surface area contributed by atoms with Crippen molar-refractivity contribution in [3.8, 4) is 0 Å². The van der Waals surface area contributed by atoms with Crippen molar-refractivity contribution >= 4 is 23.4 Å². The Balaban J connectivity index is 2.56. The Morgan fingerprint density at radius 3 is 2.19 bits per heavy atom. The van der Waals surface area contributed by atoms with Crippen molar-refractivity contribution in [1.82, 2.24) is 9.80 Å². The summed E-state index contributed by atoms with van der Waals surface area (Å²) in [6.07, 6.45) is 0. The number of rotatable bonds is 7. The van der Waals surface area contributed by atoms with Crippen molar-refractivity contribution in [3.63, 3.8) is 0 Å². The normalized spacial score (nSPS) is 11.7. The number of hydrogen-bond donors (Lipinski definition) is 2. The number of halogens is 3. The highest BCUT2D eigenvalue weighted by Gasteiger charge is 2.21. The number of carbonyl (C=O) groups is 3. The Morgan fingerprint density at radius 2 is 1.62 bits per heavy atom. The van der Waals surface area contributed by atoms with Gasteiger partial charge in [-0.05, 0) is 12.1 Å². The first-order chi connectivity index (χ1) is 12.0. The summed E-state index contributed by atoms with van der Waals surface area (Å²) in [7, 11) is 6.16. The molecule has 0 aliphatic carbocycles. The average Bonchev–Trinajstić information content (AvgIpc) is 2.54. The molecule has 1 aromatic carbocycles. The van der Waals surface area contributed by atoms with E-state index in [0.717, 1.165) is 6.07 Å². The van der Waals surface area contributed by atoms with E-state index < -0.39 is 29.0 Å². The summed E-state index contributed by atoms with van der Waals surface area (Å²) >= 11 is 0. The van der Waals surface area contributed by atoms with Gasteiger partial charge in [-0.15, -0.1) is 0 Å². The molecular formula is C16H22F3N4O3+. The van der Waals surface area contributed by atoms with Crippen molar-refractivity contribution in [2.45, 2.75) is 0 Å². The van der Waals surface area contributed by atoms with Gasteiger partial charge in [-0.25, -0.2) is 13.2 Å². The fourth-order valence-electron chi connectivity index (χ4n) is 1.98. The number of nitrogens with zero attached hydrogens (tertiary/aromatic N) is 2. The number of hydrogen-bond acceptors (Lipinski definition) is 3. The van der Waals surface area contributed by atoms with Gasteiger partial charge in [-0.3, -0.25) is 14.4 Å². The Bertz CT molecular complexity index is 698. The number of likely N-dealkylation sites (N-methyl/N-ethyl adjacent to an activating group) is 3. The number of nitrogens with one attached hydrogen (secondary N) is 2. The summed E-state index contributed by atoms with van der Waals surface area (Å²) in [5.74, 6) is -5.80. The quantitative estimate of drug-likeness (QED) is 0.607. The van der Waals surface area contributed by atoms with Gasteiger partial charge < -0.3 is 20.0 Å². The van der Waals surface area contributed by atoms with Crippen molar-refractivity contribution in [3.05, 3.63) is 29.6 Å². The molecule has 0 aromatic heterocycles. The van der Waals surface area contributed by atoms with Gasteiger partial charge in [0.1, 0.15) is 0 Å². The second-order valence-electron chi connectivity index (χ2n) is 6.12. The van der Waals surface area contributed by atoms with E-state index in [-0.39, 0.29) is 31.4 Å². The van der Waals surface area contributed by atoms with Crippen LogP contribution in [-0.2, 0) is 14.4 Å². The van der Waals surface area contributed by atoms with E-state index in [2.05, 4.69) is 5.32 Å². The fourth-order valence-corrected chi connectivity index (χ4v) is 1.98. The fraction of sp³-hybridized carbons (Fsp3) is 0.438. The first-order valence-electron chi connectivity index (χ1n) is 7.71. The van der Waals surface area contributed by atoms with Gasteiger partial charge in [-0.2, -0.15) is 0 Å². The molecule has 0 aliphatic heterocycles. The van der Waals surface area contributed by atoms with Gasteiger partial charge in [0.05, 0.1) is 19.3 Å². The van der Waals surface area contributed by atoms with Crippen LogP contribution in [0.4, 0.5) is 18.9 Å². The Kier molecular flexibility index (Phi) is 7.56. The van der Waals surface area contributed by atoms with Crippen LogP contribution >= 0.6 is 0 Å². The number of anilines is 1. The molecule has 2 N–H and O–H groups in total. The van der Waals surface area contributed by atoms with E-state index in [1.165, 1.54) is 16.8 Å². The lowest BCUT2D eigenvalue weighted by Crippen LogP contribution is -3.11. The molecule has 3 amide bonds. The SMILES string of the molecule is CN(C)C(=O)CN(C)C(=O)C[NH+](C)CC(=O)Nc1ccc(F)c(F)c1F. The third-order valence-electron chi connectivity index (χ3n) is 3.52. The Hall–Kier alpha value is -2.62. The molecule has 0 saturated carbocycles. The molecule has 0 fully saturated rings. The van der Waals surface area contributed by atoms with Crippen LogP contribution < -0.4 is 10.2 Å². The predicted octanol–water partition coefficient (Wildman–Crippen LogP) is -0.896. The van der Waals surface area contributed by atoms with Crippen LogP contribution in [0.1, 0.15) is 0 Å². The number of benzene rings is 1. The molecule has 0 spiro atoms. The smallest absolute Gasteiger partial charge is 0.279 e. The highest BCUT2D eigenvalue weighted by Crippen LogP contribution is 2.19. The third-order valence-corrected chi connectivity index (χ3v) is 3.52. The molecule has 7 nitrogen and oxygen atoms in total. The van der Waals surface area contributed by atoms with E-state index >= 15 is 0 Å². The topological polar surface area (TPSA) is 74.2 Å². The van der Waals surface area contributed by atoms with E-state index in [1.807, 2.05) is 0 Å². The minimum Gasteiger partial charge on any atom is -0.347 e. The van der Waals surface area contributed by atoms with Crippen LogP contribution in [0.5, 0.6) is 0 Å². The highest BCUT2D eigenvalue weighted by molar-refractivity contribution is 5.91. The van der Waals surface area contributed by atoms with Gasteiger partial charge >= 0.3 is 0 Å². The van der Waals surface area contributed by atoms with Crippen LogP contribution in [0.3, 0.4) is 0 Å². The summed E-state index contributed by atoms with van der Waals surface area (Å²) in [5, 5.41) is 2.13. The molecule has 0 aliphatic rings. The van der Waals surface area contributed by atoms with Crippen molar-refractivity contribution in [1.29, 1.82) is 0 Å². The van der Waals surface area contributed by atoms with Crippen molar-refractivity contribution < 1.29 is 32.5 Å². The lowest BCUT2D eigenvalue weighted by atomic mass is 10.2. The minimum absolute atomic E-state index is 0.0785. The largest absolute Gasteiger partial charge is 0.347 e. The van der Waals surface area contributed by atoms with Gasteiger partial charge in [-0.1, -0.05) is 0 Å². The van der Waals surface area contributed by atoms with Gasteiger partial charge in [0.25, 0.3) is 11.8 Å². The van der Waals surface area contributed by atoms with Gasteiger partial charge in [0.15, 0.2) is 30.5 Å². The molecule has 1 atom stereocenters. The third kappa shape index (κ3) is 6.03. The molecule has 0 radical (unpaired) electrons. The zero-order valence-electron chi connectivity index (χ0n) is 15.0. The monoisotopic (exact) mass is 375 g/mol. The van der Waals surface area contributed by atoms with Crippen molar-refractivity contribution in [2.24, 2.45) is 0 Å². The van der Waals surface area contributed by atoms with Crippen molar-refractivity contribution in [2.75, 3.05) is 53.1 Å². The maximum Gasteiger partial charge on any atom is 0.279 e. The summed E-state index contributed by atoms with van der Waals surface area (Å²) in [5.41, 5.74) is -0.485. The van der Waals surface area contributed by atoms with Crippen LogP contribution in [0, 0.1) is 17.5 Å². The maximum absolute atomic E-state index is 13.5. The lowest BCUT2D eigenvalue weighted by molar-refractivity contribution is -0.862. The summed E-state index contributed by atoms with van der Waals surface area (Å²) in [4.78, 5) is 38.6. The molecule has 1 unspecified atom stereocenters. The number of amides is 3.